The molecular weight excluding hydrogens is 382 g/mol. The van der Waals surface area contributed by atoms with Crippen LogP contribution in [-0.2, 0) is 6.54 Å². The Bertz CT molecular complexity index is 906. The summed E-state index contributed by atoms with van der Waals surface area (Å²) in [7, 11) is 0. The molecule has 1 heterocycles. The minimum Gasteiger partial charge on any atom is -0.346 e. The first-order valence-electron chi connectivity index (χ1n) is 7.80. The van der Waals surface area contributed by atoms with Crippen LogP contribution in [-0.4, -0.2) is 21.3 Å². The predicted molar refractivity (Wildman–Crippen MR) is 101 cm³/mol. The number of hydrogen-bond acceptors (Lipinski definition) is 4. The fourth-order valence-electron chi connectivity index (χ4n) is 2.35. The predicted octanol–water partition coefficient (Wildman–Crippen LogP) is 3.86. The van der Waals surface area contributed by atoms with Gasteiger partial charge in [-0.1, -0.05) is 34.1 Å². The molecule has 0 atom stereocenters. The lowest BCUT2D eigenvalue weighted by Crippen LogP contribution is -2.24. The molecule has 1 aromatic heterocycles. The Labute approximate surface area is 154 Å². The van der Waals surface area contributed by atoms with Crippen LogP contribution in [0.25, 0.3) is 0 Å². The van der Waals surface area contributed by atoms with E-state index in [1.165, 1.54) is 5.56 Å². The minimum absolute atomic E-state index is 0.230. The van der Waals surface area contributed by atoms with E-state index in [1.54, 1.807) is 0 Å². The van der Waals surface area contributed by atoms with Crippen LogP contribution in [0.15, 0.2) is 46.9 Å². The molecule has 3 aromatic rings. The Kier molecular flexibility index (Phi) is 5.14. The van der Waals surface area contributed by atoms with Crippen molar-refractivity contribution in [2.45, 2.75) is 20.4 Å². The number of aromatic nitrogens is 3. The Morgan fingerprint density at radius 3 is 2.72 bits per heavy atom. The molecule has 0 spiro atoms. The summed E-state index contributed by atoms with van der Waals surface area (Å²) < 4.78 is 0.970. The van der Waals surface area contributed by atoms with Crippen molar-refractivity contribution >= 4 is 33.3 Å². The normalized spacial score (nSPS) is 10.5. The fourth-order valence-corrected chi connectivity index (χ4v) is 2.79. The van der Waals surface area contributed by atoms with Crippen molar-refractivity contribution in [3.8, 4) is 0 Å². The summed E-state index contributed by atoms with van der Waals surface area (Å²) in [6, 6.07) is 13.7. The van der Waals surface area contributed by atoms with Crippen LogP contribution in [0.3, 0.4) is 0 Å². The van der Waals surface area contributed by atoms with Gasteiger partial charge in [0, 0.05) is 16.7 Å². The van der Waals surface area contributed by atoms with Gasteiger partial charge in [0.15, 0.2) is 11.5 Å². The Morgan fingerprint density at radius 1 is 1.12 bits per heavy atom. The highest BCUT2D eigenvalue weighted by atomic mass is 79.9. The molecule has 0 radical (unpaired) electrons. The maximum absolute atomic E-state index is 12.4. The van der Waals surface area contributed by atoms with E-state index in [2.05, 4.69) is 48.9 Å². The van der Waals surface area contributed by atoms with Crippen molar-refractivity contribution in [2.24, 2.45) is 0 Å². The number of nitrogens with zero attached hydrogens (tertiary/aromatic N) is 2. The summed E-state index contributed by atoms with van der Waals surface area (Å²) in [6.45, 7) is 4.50. The average Bonchev–Trinajstić information content (AvgIpc) is 3.04. The fraction of sp³-hybridized carbons (Fsp3) is 0.167. The molecule has 6 nitrogen and oxygen atoms in total. The molecule has 3 rings (SSSR count). The van der Waals surface area contributed by atoms with Crippen molar-refractivity contribution in [3.05, 3.63) is 69.3 Å². The molecule has 128 valence electrons. The monoisotopic (exact) mass is 399 g/mol. The largest absolute Gasteiger partial charge is 0.346 e. The molecule has 0 aliphatic carbocycles. The SMILES string of the molecule is Cc1ccc(Nc2n[nH]nc2C(=O)NCc2cccc(Br)c2)cc1C. The molecule has 1 amide bonds. The Hall–Kier alpha value is -2.67. The third-order valence-corrected chi connectivity index (χ3v) is 4.37. The summed E-state index contributed by atoms with van der Waals surface area (Å²) in [5.74, 6) is 0.107. The first-order valence-corrected chi connectivity index (χ1v) is 8.60. The molecule has 0 bridgehead atoms. The van der Waals surface area contributed by atoms with Crippen molar-refractivity contribution < 1.29 is 4.79 Å². The maximum Gasteiger partial charge on any atom is 0.275 e. The highest BCUT2D eigenvalue weighted by molar-refractivity contribution is 9.10. The second kappa shape index (κ2) is 7.48. The number of amides is 1. The van der Waals surface area contributed by atoms with E-state index >= 15 is 0 Å². The zero-order chi connectivity index (χ0) is 17.8. The average molecular weight is 400 g/mol. The van der Waals surface area contributed by atoms with E-state index in [-0.39, 0.29) is 11.6 Å². The molecule has 2 aromatic carbocycles. The lowest BCUT2D eigenvalue weighted by molar-refractivity contribution is 0.0946. The standard InChI is InChI=1S/C18H18BrN5O/c1-11-6-7-15(8-12(11)2)21-17-16(22-24-23-17)18(25)20-10-13-4-3-5-14(19)9-13/h3-9H,10H2,1-2H3,(H,20,25)(H2,21,22,23,24). The number of rotatable bonds is 5. The maximum atomic E-state index is 12.4. The van der Waals surface area contributed by atoms with Gasteiger partial charge >= 0.3 is 0 Å². The summed E-state index contributed by atoms with van der Waals surface area (Å²) in [5.41, 5.74) is 4.45. The molecule has 0 saturated carbocycles. The highest BCUT2D eigenvalue weighted by Gasteiger charge is 2.16. The number of H-pyrrole nitrogens is 1. The second-order valence-corrected chi connectivity index (χ2v) is 6.67. The van der Waals surface area contributed by atoms with Gasteiger partial charge in [-0.25, -0.2) is 0 Å². The molecule has 0 aliphatic rings. The topological polar surface area (TPSA) is 82.7 Å². The first kappa shape index (κ1) is 17.2. The van der Waals surface area contributed by atoms with Gasteiger partial charge in [0.25, 0.3) is 5.91 Å². The van der Waals surface area contributed by atoms with Gasteiger partial charge in [-0.2, -0.15) is 5.21 Å². The van der Waals surface area contributed by atoms with Gasteiger partial charge in [0.05, 0.1) is 0 Å². The van der Waals surface area contributed by atoms with Crippen LogP contribution in [0.5, 0.6) is 0 Å². The number of anilines is 2. The lowest BCUT2D eigenvalue weighted by Gasteiger charge is -2.08. The van der Waals surface area contributed by atoms with E-state index in [4.69, 9.17) is 0 Å². The van der Waals surface area contributed by atoms with E-state index in [0.717, 1.165) is 21.3 Å². The zero-order valence-electron chi connectivity index (χ0n) is 13.9. The number of benzene rings is 2. The third kappa shape index (κ3) is 4.24. The Morgan fingerprint density at radius 2 is 1.96 bits per heavy atom. The summed E-state index contributed by atoms with van der Waals surface area (Å²) in [6.07, 6.45) is 0. The van der Waals surface area contributed by atoms with Crippen LogP contribution in [0.2, 0.25) is 0 Å². The number of halogens is 1. The number of carbonyl (C=O) groups excluding carboxylic acids is 1. The van der Waals surface area contributed by atoms with Crippen molar-refractivity contribution in [1.82, 2.24) is 20.7 Å². The van der Waals surface area contributed by atoms with Gasteiger partial charge in [-0.15, -0.1) is 10.2 Å². The number of hydrogen-bond donors (Lipinski definition) is 3. The van der Waals surface area contributed by atoms with Gasteiger partial charge < -0.3 is 10.6 Å². The van der Waals surface area contributed by atoms with E-state index in [9.17, 15) is 4.79 Å². The van der Waals surface area contributed by atoms with Crippen LogP contribution in [0.4, 0.5) is 11.5 Å². The summed E-state index contributed by atoms with van der Waals surface area (Å²) in [5, 5.41) is 16.5. The van der Waals surface area contributed by atoms with Crippen molar-refractivity contribution in [1.29, 1.82) is 0 Å². The number of aromatic amines is 1. The Balaban J connectivity index is 1.70. The summed E-state index contributed by atoms with van der Waals surface area (Å²) >= 11 is 3.42. The molecular formula is C18H18BrN5O. The van der Waals surface area contributed by atoms with Crippen LogP contribution >= 0.6 is 15.9 Å². The van der Waals surface area contributed by atoms with E-state index in [1.807, 2.05) is 49.4 Å². The second-order valence-electron chi connectivity index (χ2n) is 5.76. The minimum atomic E-state index is -0.292. The number of aryl methyl sites for hydroxylation is 2. The smallest absolute Gasteiger partial charge is 0.275 e. The van der Waals surface area contributed by atoms with E-state index in [0.29, 0.717) is 12.4 Å². The van der Waals surface area contributed by atoms with E-state index < -0.39 is 0 Å². The van der Waals surface area contributed by atoms with Crippen LogP contribution in [0.1, 0.15) is 27.2 Å². The van der Waals surface area contributed by atoms with Crippen molar-refractivity contribution in [3.63, 3.8) is 0 Å². The molecule has 0 unspecified atom stereocenters. The van der Waals surface area contributed by atoms with Crippen LogP contribution in [0, 0.1) is 13.8 Å². The summed E-state index contributed by atoms with van der Waals surface area (Å²) in [4.78, 5) is 12.4. The van der Waals surface area contributed by atoms with Gasteiger partial charge in [-0.05, 0) is 54.8 Å². The van der Waals surface area contributed by atoms with Gasteiger partial charge in [-0.3, -0.25) is 4.79 Å². The van der Waals surface area contributed by atoms with Crippen molar-refractivity contribution in [2.75, 3.05) is 5.32 Å². The quantitative estimate of drug-likeness (QED) is 0.608. The lowest BCUT2D eigenvalue weighted by atomic mass is 10.1. The molecule has 7 heteroatoms. The highest BCUT2D eigenvalue weighted by Crippen LogP contribution is 2.20. The molecule has 25 heavy (non-hydrogen) atoms. The third-order valence-electron chi connectivity index (χ3n) is 3.87. The first-order chi connectivity index (χ1) is 12.0. The van der Waals surface area contributed by atoms with Gasteiger partial charge in [0.1, 0.15) is 0 Å². The molecule has 0 aliphatic heterocycles. The van der Waals surface area contributed by atoms with Gasteiger partial charge in [0.2, 0.25) is 0 Å². The molecule has 0 saturated heterocycles. The zero-order valence-corrected chi connectivity index (χ0v) is 15.5. The molecule has 3 N–H and O–H groups in total. The van der Waals surface area contributed by atoms with Crippen LogP contribution < -0.4 is 10.6 Å². The number of nitrogens with one attached hydrogen (secondary N) is 3. The number of carbonyl (C=O) groups is 1. The molecule has 0 fully saturated rings.